The first-order valence-electron chi connectivity index (χ1n) is 11.5. The van der Waals surface area contributed by atoms with Crippen LogP contribution in [0.3, 0.4) is 0 Å². The van der Waals surface area contributed by atoms with Crippen LogP contribution < -0.4 is 15.5 Å². The van der Waals surface area contributed by atoms with Gasteiger partial charge in [-0.15, -0.1) is 24.0 Å². The number of aromatic nitrogens is 1. The molecule has 2 aliphatic rings. The van der Waals surface area contributed by atoms with Crippen molar-refractivity contribution in [2.45, 2.75) is 71.1 Å². The normalized spacial score (nSPS) is 19.8. The molecule has 1 atom stereocenters. The van der Waals surface area contributed by atoms with E-state index in [1.54, 1.807) is 7.05 Å². The molecule has 32 heavy (non-hydrogen) atoms. The fourth-order valence-corrected chi connectivity index (χ4v) is 4.10. The fourth-order valence-electron chi connectivity index (χ4n) is 4.10. The number of carbonyl (C=O) groups excluding carboxylic acids is 1. The van der Waals surface area contributed by atoms with Gasteiger partial charge in [0.25, 0.3) is 0 Å². The van der Waals surface area contributed by atoms with Crippen LogP contribution in [0.5, 0.6) is 0 Å². The van der Waals surface area contributed by atoms with Gasteiger partial charge in [0.2, 0.25) is 0 Å². The zero-order chi connectivity index (χ0) is 22.3. The van der Waals surface area contributed by atoms with Gasteiger partial charge in [0.15, 0.2) is 5.96 Å². The van der Waals surface area contributed by atoms with Gasteiger partial charge in [0, 0.05) is 46.0 Å². The van der Waals surface area contributed by atoms with E-state index in [1.165, 1.54) is 31.2 Å². The number of carbonyl (C=O) groups is 1. The lowest BCUT2D eigenvalue weighted by Crippen LogP contribution is -2.44. The Morgan fingerprint density at radius 2 is 1.94 bits per heavy atom. The van der Waals surface area contributed by atoms with Crippen LogP contribution in [0.15, 0.2) is 23.3 Å². The van der Waals surface area contributed by atoms with E-state index in [2.05, 4.69) is 42.5 Å². The van der Waals surface area contributed by atoms with Crippen molar-refractivity contribution in [2.24, 2.45) is 4.99 Å². The molecule has 0 aromatic carbocycles. The molecular formula is C23H39IN6O2. The highest BCUT2D eigenvalue weighted by atomic mass is 127. The van der Waals surface area contributed by atoms with Crippen LogP contribution in [0, 0.1) is 0 Å². The lowest BCUT2D eigenvalue weighted by atomic mass is 10.2. The van der Waals surface area contributed by atoms with E-state index in [9.17, 15) is 4.79 Å². The molecule has 3 heterocycles. The van der Waals surface area contributed by atoms with Crippen LogP contribution in [-0.4, -0.2) is 66.8 Å². The molecule has 0 saturated carbocycles. The molecular weight excluding hydrogens is 519 g/mol. The van der Waals surface area contributed by atoms with Crippen LogP contribution in [-0.2, 0) is 11.3 Å². The molecule has 2 N–H and O–H groups in total. The molecule has 180 valence electrons. The van der Waals surface area contributed by atoms with Gasteiger partial charge in [-0.25, -0.2) is 9.78 Å². The second-order valence-corrected chi connectivity index (χ2v) is 9.40. The van der Waals surface area contributed by atoms with Crippen molar-refractivity contribution in [1.29, 1.82) is 0 Å². The smallest absolute Gasteiger partial charge is 0.407 e. The standard InChI is InChI=1S/C23H38N6O2.HI/c1-23(2,3)31-22(30)27-19-10-14-29(17-19)21(24-4)26-16-18-9-11-25-20(15-18)28-12-7-5-6-8-13-28;/h9,11,15,19H,5-8,10,12-14,16-17H2,1-4H3,(H,24,26)(H,27,30);1H. The molecule has 0 spiro atoms. The van der Waals surface area contributed by atoms with Crippen molar-refractivity contribution >= 4 is 41.8 Å². The van der Waals surface area contributed by atoms with Crippen molar-refractivity contribution in [1.82, 2.24) is 20.5 Å². The van der Waals surface area contributed by atoms with Crippen LogP contribution in [0.1, 0.15) is 58.4 Å². The Bertz CT molecular complexity index is 759. The number of hydrogen-bond donors (Lipinski definition) is 2. The minimum atomic E-state index is -0.489. The average Bonchev–Trinajstić information content (AvgIpc) is 2.99. The lowest BCUT2D eigenvalue weighted by molar-refractivity contribution is 0.0507. The molecule has 3 rings (SSSR count). The molecule has 1 aromatic heterocycles. The Labute approximate surface area is 209 Å². The van der Waals surface area contributed by atoms with Gasteiger partial charge >= 0.3 is 6.09 Å². The first-order chi connectivity index (χ1) is 14.8. The molecule has 0 bridgehead atoms. The van der Waals surface area contributed by atoms with E-state index in [-0.39, 0.29) is 36.1 Å². The van der Waals surface area contributed by atoms with Crippen molar-refractivity contribution in [3.05, 3.63) is 23.9 Å². The Hall–Kier alpha value is -1.78. The van der Waals surface area contributed by atoms with E-state index in [0.29, 0.717) is 13.1 Å². The van der Waals surface area contributed by atoms with Gasteiger partial charge in [-0.3, -0.25) is 4.99 Å². The number of halogens is 1. The van der Waals surface area contributed by atoms with E-state index >= 15 is 0 Å². The third-order valence-corrected chi connectivity index (χ3v) is 5.61. The maximum absolute atomic E-state index is 12.0. The Morgan fingerprint density at radius 3 is 2.59 bits per heavy atom. The van der Waals surface area contributed by atoms with Crippen LogP contribution >= 0.6 is 24.0 Å². The third kappa shape index (κ3) is 8.29. The van der Waals surface area contributed by atoms with E-state index in [0.717, 1.165) is 37.8 Å². The number of aliphatic imine (C=N–C) groups is 1. The van der Waals surface area contributed by atoms with E-state index in [4.69, 9.17) is 4.74 Å². The van der Waals surface area contributed by atoms with Gasteiger partial charge < -0.3 is 25.2 Å². The number of rotatable bonds is 4. The summed E-state index contributed by atoms with van der Waals surface area (Å²) in [5, 5.41) is 6.44. The minimum Gasteiger partial charge on any atom is -0.444 e. The highest BCUT2D eigenvalue weighted by Crippen LogP contribution is 2.18. The second kappa shape index (κ2) is 12.5. The fraction of sp³-hybridized carbons (Fsp3) is 0.696. The average molecular weight is 559 g/mol. The van der Waals surface area contributed by atoms with Gasteiger partial charge in [0.05, 0.1) is 6.04 Å². The number of amides is 1. The number of anilines is 1. The highest BCUT2D eigenvalue weighted by Gasteiger charge is 2.27. The highest BCUT2D eigenvalue weighted by molar-refractivity contribution is 14.0. The quantitative estimate of drug-likeness (QED) is 0.333. The maximum atomic E-state index is 12.0. The van der Waals surface area contributed by atoms with Crippen molar-refractivity contribution in [3.8, 4) is 0 Å². The summed E-state index contributed by atoms with van der Waals surface area (Å²) in [7, 11) is 1.80. The lowest BCUT2D eigenvalue weighted by Gasteiger charge is -2.24. The summed E-state index contributed by atoms with van der Waals surface area (Å²) in [5.74, 6) is 1.92. The Kier molecular flexibility index (Phi) is 10.3. The van der Waals surface area contributed by atoms with Crippen molar-refractivity contribution in [3.63, 3.8) is 0 Å². The summed E-state index contributed by atoms with van der Waals surface area (Å²) in [6.45, 7) is 10.0. The van der Waals surface area contributed by atoms with E-state index in [1.807, 2.05) is 27.0 Å². The summed E-state index contributed by atoms with van der Waals surface area (Å²) < 4.78 is 5.37. The van der Waals surface area contributed by atoms with Gasteiger partial charge in [0.1, 0.15) is 11.4 Å². The number of pyridine rings is 1. The number of likely N-dealkylation sites (tertiary alicyclic amines) is 1. The molecule has 8 nitrogen and oxygen atoms in total. The predicted molar refractivity (Wildman–Crippen MR) is 140 cm³/mol. The molecule has 1 unspecified atom stereocenters. The first kappa shape index (κ1) is 26.5. The molecule has 2 saturated heterocycles. The number of hydrogen-bond acceptors (Lipinski definition) is 5. The maximum Gasteiger partial charge on any atom is 0.407 e. The first-order valence-corrected chi connectivity index (χ1v) is 11.5. The topological polar surface area (TPSA) is 82.1 Å². The summed E-state index contributed by atoms with van der Waals surface area (Å²) in [6.07, 6.45) is 7.51. The molecule has 1 aromatic rings. The van der Waals surface area contributed by atoms with Crippen LogP contribution in [0.4, 0.5) is 10.6 Å². The number of nitrogens with one attached hydrogen (secondary N) is 2. The zero-order valence-electron chi connectivity index (χ0n) is 19.9. The van der Waals surface area contributed by atoms with Gasteiger partial charge in [-0.05, 0) is 57.7 Å². The van der Waals surface area contributed by atoms with Crippen LogP contribution in [0.25, 0.3) is 0 Å². The number of guanidine groups is 1. The Morgan fingerprint density at radius 1 is 1.22 bits per heavy atom. The van der Waals surface area contributed by atoms with Crippen molar-refractivity contribution < 1.29 is 9.53 Å². The summed E-state index contributed by atoms with van der Waals surface area (Å²) in [6, 6.07) is 4.30. The van der Waals surface area contributed by atoms with Gasteiger partial charge in [-0.2, -0.15) is 0 Å². The van der Waals surface area contributed by atoms with Crippen LogP contribution in [0.2, 0.25) is 0 Å². The SMILES string of the molecule is CN=C(NCc1ccnc(N2CCCCCC2)c1)N1CCC(NC(=O)OC(C)(C)C)C1.I. The van der Waals surface area contributed by atoms with Gasteiger partial charge in [-0.1, -0.05) is 12.8 Å². The monoisotopic (exact) mass is 558 g/mol. The molecule has 1 amide bonds. The number of alkyl carbamates (subject to hydrolysis) is 1. The van der Waals surface area contributed by atoms with E-state index < -0.39 is 5.60 Å². The molecule has 2 fully saturated rings. The summed E-state index contributed by atoms with van der Waals surface area (Å²) in [5.41, 5.74) is 0.703. The largest absolute Gasteiger partial charge is 0.444 e. The molecule has 0 radical (unpaired) electrons. The molecule has 2 aliphatic heterocycles. The second-order valence-electron chi connectivity index (χ2n) is 9.40. The summed E-state index contributed by atoms with van der Waals surface area (Å²) in [4.78, 5) is 25.7. The number of ether oxygens (including phenoxy) is 1. The molecule has 9 heteroatoms. The molecule has 0 aliphatic carbocycles. The predicted octanol–water partition coefficient (Wildman–Crippen LogP) is 3.75. The number of nitrogens with zero attached hydrogens (tertiary/aromatic N) is 4. The third-order valence-electron chi connectivity index (χ3n) is 5.61. The zero-order valence-corrected chi connectivity index (χ0v) is 22.2. The van der Waals surface area contributed by atoms with Crippen molar-refractivity contribution in [2.75, 3.05) is 38.1 Å². The Balaban J connectivity index is 0.00000363. The summed E-state index contributed by atoms with van der Waals surface area (Å²) >= 11 is 0. The minimum absolute atomic E-state index is 0.